The molecule has 2 aromatic rings. The lowest BCUT2D eigenvalue weighted by Gasteiger charge is -2.06. The van der Waals surface area contributed by atoms with Gasteiger partial charge in [0.15, 0.2) is 0 Å². The van der Waals surface area contributed by atoms with Gasteiger partial charge in [0, 0.05) is 10.0 Å². The fraction of sp³-hybridized carbons (Fsp3) is 0.0769. The van der Waals surface area contributed by atoms with Gasteiger partial charge in [0.1, 0.15) is 0 Å². The molecule has 0 unspecified atom stereocenters. The quantitative estimate of drug-likeness (QED) is 0.750. The van der Waals surface area contributed by atoms with Gasteiger partial charge in [-0.15, -0.1) is 0 Å². The Kier molecular flexibility index (Phi) is 2.21. The van der Waals surface area contributed by atoms with Crippen molar-refractivity contribution < 1.29 is 0 Å². The molecule has 0 aliphatic heterocycles. The van der Waals surface area contributed by atoms with E-state index in [1.54, 1.807) is 0 Å². The molecule has 0 saturated carbocycles. The lowest BCUT2D eigenvalue weighted by molar-refractivity contribution is 0.901. The van der Waals surface area contributed by atoms with Crippen LogP contribution in [0.4, 0.5) is 0 Å². The Morgan fingerprint density at radius 2 is 1.25 bits per heavy atom. The second-order valence-electron chi connectivity index (χ2n) is 3.94. The highest BCUT2D eigenvalue weighted by Crippen LogP contribution is 2.43. The summed E-state index contributed by atoms with van der Waals surface area (Å²) in [7, 11) is 0. The summed E-state index contributed by atoms with van der Waals surface area (Å²) in [5.41, 5.74) is 10.6. The second kappa shape index (κ2) is 3.49. The zero-order valence-corrected chi connectivity index (χ0v) is 9.89. The summed E-state index contributed by atoms with van der Waals surface area (Å²) in [6, 6.07) is 11.5. The van der Waals surface area contributed by atoms with Gasteiger partial charge in [-0.25, -0.2) is 0 Å². The smallest absolute Gasteiger partial charge is 0.0564 e. The Labute approximate surface area is 104 Å². The van der Waals surface area contributed by atoms with Crippen LogP contribution in [0.15, 0.2) is 36.4 Å². The first kappa shape index (κ1) is 10.2. The summed E-state index contributed by atoms with van der Waals surface area (Å²) >= 11 is 12.0. The maximum atomic E-state index is 6.18. The first-order valence-electron chi connectivity index (χ1n) is 5.01. The van der Waals surface area contributed by atoms with Gasteiger partial charge in [-0.3, -0.25) is 0 Å². The molecule has 3 heteroatoms. The van der Waals surface area contributed by atoms with E-state index >= 15 is 0 Å². The van der Waals surface area contributed by atoms with Crippen LogP contribution in [0.25, 0.3) is 11.1 Å². The highest BCUT2D eigenvalue weighted by atomic mass is 35.5. The maximum absolute atomic E-state index is 6.18. The largest absolute Gasteiger partial charge is 0.320 e. The maximum Gasteiger partial charge on any atom is 0.0564 e. The van der Waals surface area contributed by atoms with E-state index in [0.717, 1.165) is 22.3 Å². The van der Waals surface area contributed by atoms with E-state index in [4.69, 9.17) is 28.9 Å². The Morgan fingerprint density at radius 1 is 0.812 bits per heavy atom. The molecule has 0 bridgehead atoms. The van der Waals surface area contributed by atoms with Gasteiger partial charge in [-0.1, -0.05) is 35.3 Å². The first-order valence-corrected chi connectivity index (χ1v) is 5.77. The van der Waals surface area contributed by atoms with Crippen LogP contribution in [0.5, 0.6) is 0 Å². The summed E-state index contributed by atoms with van der Waals surface area (Å²) in [5.74, 6) is 0. The van der Waals surface area contributed by atoms with E-state index in [1.165, 1.54) is 0 Å². The van der Waals surface area contributed by atoms with Crippen LogP contribution in [0, 0.1) is 0 Å². The van der Waals surface area contributed by atoms with E-state index in [-0.39, 0.29) is 6.04 Å². The number of rotatable bonds is 0. The number of fused-ring (bicyclic) bond motifs is 3. The molecule has 0 saturated heterocycles. The molecule has 2 aromatic carbocycles. The lowest BCUT2D eigenvalue weighted by atomic mass is 10.1. The van der Waals surface area contributed by atoms with Crippen molar-refractivity contribution in [1.82, 2.24) is 0 Å². The highest BCUT2D eigenvalue weighted by molar-refractivity contribution is 6.31. The predicted molar refractivity (Wildman–Crippen MR) is 67.9 cm³/mol. The first-order chi connectivity index (χ1) is 7.66. The van der Waals surface area contributed by atoms with Crippen LogP contribution < -0.4 is 5.73 Å². The molecular weight excluding hydrogens is 241 g/mol. The summed E-state index contributed by atoms with van der Waals surface area (Å²) in [6.07, 6.45) is 0. The number of hydrogen-bond donors (Lipinski definition) is 1. The molecule has 0 amide bonds. The Bertz CT molecular complexity index is 527. The van der Waals surface area contributed by atoms with E-state index in [2.05, 4.69) is 0 Å². The molecule has 0 fully saturated rings. The second-order valence-corrected chi connectivity index (χ2v) is 4.81. The van der Waals surface area contributed by atoms with Crippen molar-refractivity contribution in [2.45, 2.75) is 6.04 Å². The molecule has 0 heterocycles. The number of benzene rings is 2. The van der Waals surface area contributed by atoms with Crippen LogP contribution >= 0.6 is 23.2 Å². The van der Waals surface area contributed by atoms with E-state index in [0.29, 0.717) is 10.0 Å². The average Bonchev–Trinajstić information content (AvgIpc) is 2.53. The average molecular weight is 250 g/mol. The summed E-state index contributed by atoms with van der Waals surface area (Å²) in [6.45, 7) is 0. The number of nitrogens with two attached hydrogens (primary N) is 1. The van der Waals surface area contributed by atoms with Crippen LogP contribution in [0.2, 0.25) is 10.0 Å². The molecule has 3 rings (SSSR count). The number of hydrogen-bond acceptors (Lipinski definition) is 1. The van der Waals surface area contributed by atoms with Crippen molar-refractivity contribution in [2.75, 3.05) is 0 Å². The van der Waals surface area contributed by atoms with Crippen molar-refractivity contribution in [3.8, 4) is 11.1 Å². The fourth-order valence-electron chi connectivity index (χ4n) is 2.24. The van der Waals surface area contributed by atoms with Gasteiger partial charge < -0.3 is 5.73 Å². The van der Waals surface area contributed by atoms with Crippen LogP contribution in [0.1, 0.15) is 17.2 Å². The van der Waals surface area contributed by atoms with Crippen molar-refractivity contribution >= 4 is 23.2 Å². The van der Waals surface area contributed by atoms with Gasteiger partial charge in [0.2, 0.25) is 0 Å². The Morgan fingerprint density at radius 3 is 1.69 bits per heavy atom. The molecule has 1 nitrogen and oxygen atoms in total. The van der Waals surface area contributed by atoms with Gasteiger partial charge >= 0.3 is 0 Å². The zero-order chi connectivity index (χ0) is 11.3. The van der Waals surface area contributed by atoms with E-state index in [1.807, 2.05) is 36.4 Å². The van der Waals surface area contributed by atoms with Gasteiger partial charge in [0.25, 0.3) is 0 Å². The number of halogens is 2. The topological polar surface area (TPSA) is 26.0 Å². The third-order valence-electron chi connectivity index (χ3n) is 2.99. The molecule has 0 aromatic heterocycles. The van der Waals surface area contributed by atoms with Crippen molar-refractivity contribution in [2.24, 2.45) is 5.73 Å². The Hall–Kier alpha value is -1.02. The molecule has 2 N–H and O–H groups in total. The van der Waals surface area contributed by atoms with Crippen molar-refractivity contribution in [3.05, 3.63) is 57.6 Å². The molecule has 0 radical (unpaired) electrons. The van der Waals surface area contributed by atoms with Crippen molar-refractivity contribution in [1.29, 1.82) is 0 Å². The zero-order valence-electron chi connectivity index (χ0n) is 8.37. The van der Waals surface area contributed by atoms with Gasteiger partial charge in [0.05, 0.1) is 6.04 Å². The van der Waals surface area contributed by atoms with Gasteiger partial charge in [-0.2, -0.15) is 0 Å². The summed E-state index contributed by atoms with van der Waals surface area (Å²) in [5, 5.41) is 1.43. The minimum Gasteiger partial charge on any atom is -0.320 e. The summed E-state index contributed by atoms with van der Waals surface area (Å²) < 4.78 is 0. The van der Waals surface area contributed by atoms with E-state index in [9.17, 15) is 0 Å². The van der Waals surface area contributed by atoms with Crippen LogP contribution in [0.3, 0.4) is 0 Å². The highest BCUT2D eigenvalue weighted by Gasteiger charge is 2.25. The molecule has 1 aliphatic carbocycles. The molecule has 16 heavy (non-hydrogen) atoms. The predicted octanol–water partition coefficient (Wildman–Crippen LogP) is 4.02. The normalized spacial score (nSPS) is 13.7. The SMILES string of the molecule is NC1c2cc(Cl)ccc2-c2ccc(Cl)cc21. The molecule has 0 spiro atoms. The minimum atomic E-state index is -0.123. The molecule has 80 valence electrons. The standard InChI is InChI=1S/C13H9Cl2N/c14-7-1-3-9-10-4-2-8(15)6-12(10)13(16)11(9)5-7/h1-6,13H,16H2. The minimum absolute atomic E-state index is 0.123. The van der Waals surface area contributed by atoms with Crippen molar-refractivity contribution in [3.63, 3.8) is 0 Å². The van der Waals surface area contributed by atoms with Crippen LogP contribution in [-0.2, 0) is 0 Å². The van der Waals surface area contributed by atoms with Gasteiger partial charge in [-0.05, 0) is 46.5 Å². The summed E-state index contributed by atoms with van der Waals surface area (Å²) in [4.78, 5) is 0. The third-order valence-corrected chi connectivity index (χ3v) is 3.46. The third kappa shape index (κ3) is 1.36. The Balaban J connectivity index is 2.30. The van der Waals surface area contributed by atoms with Crippen LogP contribution in [-0.4, -0.2) is 0 Å². The molecule has 0 atom stereocenters. The fourth-order valence-corrected chi connectivity index (χ4v) is 2.60. The molecule has 1 aliphatic rings. The molecular formula is C13H9Cl2N. The lowest BCUT2D eigenvalue weighted by Crippen LogP contribution is -2.07. The van der Waals surface area contributed by atoms with E-state index < -0.39 is 0 Å². The monoisotopic (exact) mass is 249 g/mol.